The topological polar surface area (TPSA) is 25.8 Å². The van der Waals surface area contributed by atoms with Crippen LogP contribution in [-0.4, -0.2) is 9.97 Å². The fourth-order valence-corrected chi connectivity index (χ4v) is 1.06. The van der Waals surface area contributed by atoms with Gasteiger partial charge in [0.1, 0.15) is 12.1 Å². The number of aromatic nitrogens is 2. The second-order valence-electron chi connectivity index (χ2n) is 2.57. The van der Waals surface area contributed by atoms with Gasteiger partial charge in [-0.3, -0.25) is 0 Å². The van der Waals surface area contributed by atoms with Gasteiger partial charge >= 0.3 is 0 Å². The molecule has 0 aliphatic carbocycles. The molecule has 0 bridgehead atoms. The fourth-order valence-electron chi connectivity index (χ4n) is 1.06. The first-order valence-corrected chi connectivity index (χ1v) is 3.78. The Labute approximate surface area is 75.1 Å². The van der Waals surface area contributed by atoms with E-state index in [2.05, 4.69) is 16.0 Å². The van der Waals surface area contributed by atoms with Crippen molar-refractivity contribution in [2.45, 2.75) is 0 Å². The van der Waals surface area contributed by atoms with Gasteiger partial charge in [0.15, 0.2) is 0 Å². The first kappa shape index (κ1) is 7.86. The van der Waals surface area contributed by atoms with E-state index in [0.717, 1.165) is 11.1 Å². The van der Waals surface area contributed by atoms with Crippen LogP contribution < -0.4 is 0 Å². The lowest BCUT2D eigenvalue weighted by molar-refractivity contribution is 0.628. The minimum Gasteiger partial charge on any atom is -0.244 e. The zero-order valence-corrected chi connectivity index (χ0v) is 6.74. The molecule has 1 heterocycles. The quantitative estimate of drug-likeness (QED) is 0.659. The molecule has 2 nitrogen and oxygen atoms in total. The monoisotopic (exact) mass is 173 g/mol. The number of rotatable bonds is 1. The number of benzene rings is 1. The van der Waals surface area contributed by atoms with Crippen molar-refractivity contribution in [1.29, 1.82) is 0 Å². The normalized spacial score (nSPS) is 9.92. The lowest BCUT2D eigenvalue weighted by Gasteiger charge is -1.98. The molecule has 0 saturated heterocycles. The summed E-state index contributed by atoms with van der Waals surface area (Å²) in [6, 6.07) is 7.10. The van der Waals surface area contributed by atoms with E-state index in [-0.39, 0.29) is 5.82 Å². The molecule has 1 aromatic heterocycles. The molecule has 0 atom stereocenters. The Morgan fingerprint density at radius 3 is 2.54 bits per heavy atom. The first-order chi connectivity index (χ1) is 6.36. The Morgan fingerprint density at radius 1 is 1.08 bits per heavy atom. The smallest absolute Gasteiger partial charge is 0.124 e. The van der Waals surface area contributed by atoms with Gasteiger partial charge in [0.05, 0.1) is 0 Å². The summed E-state index contributed by atoms with van der Waals surface area (Å²) in [7, 11) is 0. The molecular formula is C10H6FN2. The van der Waals surface area contributed by atoms with Crippen molar-refractivity contribution in [3.63, 3.8) is 0 Å². The molecule has 3 heteroatoms. The molecule has 0 aliphatic rings. The van der Waals surface area contributed by atoms with E-state index in [1.165, 1.54) is 18.5 Å². The molecule has 0 saturated carbocycles. The zero-order valence-electron chi connectivity index (χ0n) is 6.74. The van der Waals surface area contributed by atoms with Crippen LogP contribution in [0.4, 0.5) is 4.39 Å². The van der Waals surface area contributed by atoms with Gasteiger partial charge in [-0.2, -0.15) is 0 Å². The molecule has 2 aromatic rings. The maximum Gasteiger partial charge on any atom is 0.124 e. The molecule has 0 amide bonds. The highest BCUT2D eigenvalue weighted by molar-refractivity contribution is 5.60. The summed E-state index contributed by atoms with van der Waals surface area (Å²) >= 11 is 0. The lowest BCUT2D eigenvalue weighted by Crippen LogP contribution is -1.82. The third-order valence-electron chi connectivity index (χ3n) is 1.65. The van der Waals surface area contributed by atoms with Crippen LogP contribution in [-0.2, 0) is 0 Å². The van der Waals surface area contributed by atoms with Gasteiger partial charge in [-0.1, -0.05) is 0 Å². The predicted molar refractivity (Wildman–Crippen MR) is 46.3 cm³/mol. The van der Waals surface area contributed by atoms with Crippen LogP contribution in [0.2, 0.25) is 0 Å². The van der Waals surface area contributed by atoms with Crippen LogP contribution in [0.5, 0.6) is 0 Å². The van der Waals surface area contributed by atoms with Crippen LogP contribution in [0.1, 0.15) is 0 Å². The van der Waals surface area contributed by atoms with Crippen molar-refractivity contribution in [2.75, 3.05) is 0 Å². The summed E-state index contributed by atoms with van der Waals surface area (Å²) in [5.74, 6) is -0.304. The highest BCUT2D eigenvalue weighted by Crippen LogP contribution is 2.16. The van der Waals surface area contributed by atoms with Crippen molar-refractivity contribution >= 4 is 0 Å². The number of nitrogens with zero attached hydrogens (tertiary/aromatic N) is 2. The molecule has 0 unspecified atom stereocenters. The third-order valence-corrected chi connectivity index (χ3v) is 1.65. The van der Waals surface area contributed by atoms with Crippen LogP contribution >= 0.6 is 0 Å². The highest BCUT2D eigenvalue weighted by Gasteiger charge is 1.98. The number of hydrogen-bond acceptors (Lipinski definition) is 2. The molecule has 1 aromatic carbocycles. The SMILES string of the molecule is Fc1c[c]cc(-c2cncnc2)c1. The van der Waals surface area contributed by atoms with Crippen molar-refractivity contribution in [2.24, 2.45) is 0 Å². The molecule has 13 heavy (non-hydrogen) atoms. The predicted octanol–water partition coefficient (Wildman–Crippen LogP) is 2.08. The average Bonchev–Trinajstić information content (AvgIpc) is 2.19. The van der Waals surface area contributed by atoms with Gasteiger partial charge in [0.25, 0.3) is 0 Å². The van der Waals surface area contributed by atoms with Crippen LogP contribution in [0.3, 0.4) is 0 Å². The summed E-state index contributed by atoms with van der Waals surface area (Å²) in [6.07, 6.45) is 4.71. The van der Waals surface area contributed by atoms with Crippen molar-refractivity contribution in [3.8, 4) is 11.1 Å². The van der Waals surface area contributed by atoms with Gasteiger partial charge in [-0.05, 0) is 29.8 Å². The summed E-state index contributed by atoms with van der Waals surface area (Å²) in [6.45, 7) is 0. The van der Waals surface area contributed by atoms with E-state index in [4.69, 9.17) is 0 Å². The Bertz CT molecular complexity index is 401. The summed E-state index contributed by atoms with van der Waals surface area (Å²) < 4.78 is 12.8. The Kier molecular flexibility index (Phi) is 2.00. The van der Waals surface area contributed by atoms with Crippen LogP contribution in [0.15, 0.2) is 36.9 Å². The highest BCUT2D eigenvalue weighted by atomic mass is 19.1. The van der Waals surface area contributed by atoms with E-state index in [1.807, 2.05) is 0 Å². The second-order valence-corrected chi connectivity index (χ2v) is 2.57. The van der Waals surface area contributed by atoms with Gasteiger partial charge in [0, 0.05) is 18.0 Å². The molecule has 0 N–H and O–H groups in total. The number of hydrogen-bond donors (Lipinski definition) is 0. The molecular weight excluding hydrogens is 167 g/mol. The lowest BCUT2D eigenvalue weighted by atomic mass is 10.1. The second kappa shape index (κ2) is 3.31. The van der Waals surface area contributed by atoms with Crippen molar-refractivity contribution < 1.29 is 4.39 Å². The van der Waals surface area contributed by atoms with Crippen molar-refractivity contribution in [1.82, 2.24) is 9.97 Å². The Balaban J connectivity index is 2.48. The largest absolute Gasteiger partial charge is 0.244 e. The summed E-state index contributed by atoms with van der Waals surface area (Å²) in [4.78, 5) is 7.69. The minimum atomic E-state index is -0.304. The Hall–Kier alpha value is -1.77. The number of halogens is 1. The van der Waals surface area contributed by atoms with Gasteiger partial charge < -0.3 is 0 Å². The van der Waals surface area contributed by atoms with Crippen molar-refractivity contribution in [3.05, 3.63) is 48.8 Å². The third kappa shape index (κ3) is 1.69. The van der Waals surface area contributed by atoms with E-state index in [1.54, 1.807) is 18.5 Å². The molecule has 0 spiro atoms. The molecule has 63 valence electrons. The van der Waals surface area contributed by atoms with E-state index < -0.39 is 0 Å². The van der Waals surface area contributed by atoms with E-state index >= 15 is 0 Å². The summed E-state index contributed by atoms with van der Waals surface area (Å²) in [5, 5.41) is 0. The van der Waals surface area contributed by atoms with Gasteiger partial charge in [-0.25, -0.2) is 14.4 Å². The van der Waals surface area contributed by atoms with E-state index in [0.29, 0.717) is 0 Å². The van der Waals surface area contributed by atoms with Crippen LogP contribution in [0, 0.1) is 11.9 Å². The molecule has 2 rings (SSSR count). The molecule has 0 fully saturated rings. The molecule has 0 aliphatic heterocycles. The van der Waals surface area contributed by atoms with E-state index in [9.17, 15) is 4.39 Å². The van der Waals surface area contributed by atoms with Gasteiger partial charge in [-0.15, -0.1) is 0 Å². The Morgan fingerprint density at radius 2 is 1.85 bits per heavy atom. The standard InChI is InChI=1S/C10H6FN2/c11-10-3-1-2-8(4-10)9-5-12-7-13-6-9/h2-7H. The zero-order chi connectivity index (χ0) is 9.10. The average molecular weight is 173 g/mol. The van der Waals surface area contributed by atoms with Crippen LogP contribution in [0.25, 0.3) is 11.1 Å². The minimum absolute atomic E-state index is 0.304. The molecule has 1 radical (unpaired) electrons. The maximum absolute atomic E-state index is 12.8. The maximum atomic E-state index is 12.8. The fraction of sp³-hybridized carbons (Fsp3) is 0. The van der Waals surface area contributed by atoms with Gasteiger partial charge in [0.2, 0.25) is 0 Å². The first-order valence-electron chi connectivity index (χ1n) is 3.78. The summed E-state index contributed by atoms with van der Waals surface area (Å²) in [5.41, 5.74) is 1.53.